The quantitative estimate of drug-likeness (QED) is 0.668. The summed E-state index contributed by atoms with van der Waals surface area (Å²) in [5, 5.41) is 0.515. The first-order chi connectivity index (χ1) is 8.81. The molecule has 0 aliphatic heterocycles. The number of benzene rings is 1. The van der Waals surface area contributed by atoms with E-state index in [4.69, 9.17) is 27.9 Å². The van der Waals surface area contributed by atoms with Gasteiger partial charge < -0.3 is 4.74 Å². The topological polar surface area (TPSA) is 55.4 Å². The van der Waals surface area contributed by atoms with Crippen LogP contribution < -0.4 is 4.72 Å². The Labute approximate surface area is 139 Å². The number of halogens is 4. The molecule has 0 heterocycles. The minimum atomic E-state index is -3.82. The van der Waals surface area contributed by atoms with Crippen molar-refractivity contribution < 1.29 is 13.2 Å². The maximum atomic E-state index is 12.3. The third-order valence-electron chi connectivity index (χ3n) is 2.11. The molecule has 0 saturated heterocycles. The summed E-state index contributed by atoms with van der Waals surface area (Å²) >= 11 is 18.3. The van der Waals surface area contributed by atoms with E-state index in [1.54, 1.807) is 0 Å². The fraction of sp³-hybridized carbons (Fsp3) is 0.400. The Morgan fingerprint density at radius 2 is 1.89 bits per heavy atom. The summed E-state index contributed by atoms with van der Waals surface area (Å²) in [6.45, 7) is 0.232. The van der Waals surface area contributed by atoms with E-state index in [-0.39, 0.29) is 21.5 Å². The second-order valence-electron chi connectivity index (χ2n) is 3.63. The molecule has 0 spiro atoms. The van der Waals surface area contributed by atoms with Gasteiger partial charge in [-0.3, -0.25) is 0 Å². The number of hydrogen-bond acceptors (Lipinski definition) is 3. The smallest absolute Gasteiger partial charge is 0.243 e. The van der Waals surface area contributed by atoms with Gasteiger partial charge in [0, 0.05) is 16.9 Å². The van der Waals surface area contributed by atoms with E-state index in [0.717, 1.165) is 0 Å². The number of rotatable bonds is 6. The lowest BCUT2D eigenvalue weighted by Crippen LogP contribution is -2.39. The number of sulfonamides is 1. The second-order valence-corrected chi connectivity index (χ2v) is 7.65. The van der Waals surface area contributed by atoms with Crippen LogP contribution in [0, 0.1) is 0 Å². The van der Waals surface area contributed by atoms with Crippen LogP contribution in [0.3, 0.4) is 0 Å². The molecule has 0 fully saturated rings. The summed E-state index contributed by atoms with van der Waals surface area (Å²) in [7, 11) is -2.33. The van der Waals surface area contributed by atoms with E-state index < -0.39 is 16.1 Å². The highest BCUT2D eigenvalue weighted by Gasteiger charge is 2.25. The van der Waals surface area contributed by atoms with E-state index >= 15 is 0 Å². The lowest BCUT2D eigenvalue weighted by molar-refractivity contribution is 0.182. The van der Waals surface area contributed by atoms with Gasteiger partial charge in [0.15, 0.2) is 0 Å². The number of alkyl halides is 1. The molecule has 0 aromatic heterocycles. The normalized spacial score (nSPS) is 13.5. The van der Waals surface area contributed by atoms with Crippen LogP contribution in [0.25, 0.3) is 0 Å². The van der Waals surface area contributed by atoms with Crippen LogP contribution in [0.2, 0.25) is 10.0 Å². The Morgan fingerprint density at radius 3 is 2.32 bits per heavy atom. The van der Waals surface area contributed by atoms with Crippen LogP contribution in [0.4, 0.5) is 0 Å². The largest absolute Gasteiger partial charge is 0.383 e. The number of methoxy groups -OCH3 is 1. The van der Waals surface area contributed by atoms with Crippen molar-refractivity contribution in [3.05, 3.63) is 26.7 Å². The first-order valence-corrected chi connectivity index (χ1v) is 9.19. The molecule has 4 nitrogen and oxygen atoms in total. The zero-order chi connectivity index (χ0) is 14.6. The molecule has 0 aliphatic carbocycles. The van der Waals surface area contributed by atoms with Gasteiger partial charge in [0.1, 0.15) is 4.90 Å². The van der Waals surface area contributed by atoms with Gasteiger partial charge in [-0.2, -0.15) is 0 Å². The molecule has 0 bridgehead atoms. The molecule has 108 valence electrons. The van der Waals surface area contributed by atoms with E-state index in [0.29, 0.717) is 9.80 Å². The van der Waals surface area contributed by atoms with Gasteiger partial charge in [0.25, 0.3) is 0 Å². The summed E-state index contributed by atoms with van der Waals surface area (Å²) < 4.78 is 32.5. The highest BCUT2D eigenvalue weighted by molar-refractivity contribution is 9.10. The molecule has 1 N–H and O–H groups in total. The predicted molar refractivity (Wildman–Crippen MR) is 83.9 cm³/mol. The highest BCUT2D eigenvalue weighted by Crippen LogP contribution is 2.32. The molecular weight excluding hydrogens is 445 g/mol. The minimum Gasteiger partial charge on any atom is -0.383 e. The van der Waals surface area contributed by atoms with Gasteiger partial charge in [-0.25, -0.2) is 13.1 Å². The Morgan fingerprint density at radius 1 is 1.37 bits per heavy atom. The Hall–Kier alpha value is 0.630. The van der Waals surface area contributed by atoms with E-state index in [9.17, 15) is 8.42 Å². The van der Waals surface area contributed by atoms with Crippen molar-refractivity contribution in [2.24, 2.45) is 0 Å². The lowest BCUT2D eigenvalue weighted by Gasteiger charge is -2.17. The monoisotopic (exact) mass is 453 g/mol. The van der Waals surface area contributed by atoms with Crippen LogP contribution in [0.1, 0.15) is 0 Å². The zero-order valence-corrected chi connectivity index (χ0v) is 15.3. The molecular formula is C10H11Br2Cl2NO3S. The molecule has 0 aliphatic rings. The van der Waals surface area contributed by atoms with Gasteiger partial charge in [-0.15, -0.1) is 0 Å². The fourth-order valence-corrected chi connectivity index (χ4v) is 5.10. The van der Waals surface area contributed by atoms with Gasteiger partial charge in [-0.1, -0.05) is 55.1 Å². The van der Waals surface area contributed by atoms with Crippen LogP contribution in [0.5, 0.6) is 0 Å². The molecule has 0 amide bonds. The van der Waals surface area contributed by atoms with E-state index in [2.05, 4.69) is 36.6 Å². The summed E-state index contributed by atoms with van der Waals surface area (Å²) in [6.07, 6.45) is 0. The molecule has 0 saturated carbocycles. The maximum absolute atomic E-state index is 12.3. The van der Waals surface area contributed by atoms with Crippen molar-refractivity contribution in [3.63, 3.8) is 0 Å². The Balaban J connectivity index is 3.14. The molecule has 9 heteroatoms. The average Bonchev–Trinajstić information content (AvgIpc) is 2.25. The number of ether oxygens (including phenoxy) is 1. The van der Waals surface area contributed by atoms with Crippen LogP contribution in [-0.2, 0) is 14.8 Å². The minimum absolute atomic E-state index is 0.0533. The van der Waals surface area contributed by atoms with Gasteiger partial charge >= 0.3 is 0 Å². The predicted octanol–water partition coefficient (Wildman–Crippen LogP) is 3.44. The molecule has 19 heavy (non-hydrogen) atoms. The summed E-state index contributed by atoms with van der Waals surface area (Å²) in [6, 6.07) is 2.54. The third kappa shape index (κ3) is 4.84. The first-order valence-electron chi connectivity index (χ1n) is 5.03. The molecule has 1 aromatic carbocycles. The van der Waals surface area contributed by atoms with Gasteiger partial charge in [0.05, 0.1) is 22.7 Å². The SMILES string of the molecule is COCC(CBr)NS(=O)(=O)c1c(Cl)cc(Br)cc1Cl. The Kier molecular flexibility index (Phi) is 7.06. The molecule has 1 aromatic rings. The second kappa shape index (κ2) is 7.59. The van der Waals surface area contributed by atoms with Crippen molar-refractivity contribution in [2.75, 3.05) is 19.0 Å². The van der Waals surface area contributed by atoms with Crippen molar-refractivity contribution in [3.8, 4) is 0 Å². The third-order valence-corrected chi connectivity index (χ3v) is 5.79. The molecule has 1 atom stereocenters. The zero-order valence-electron chi connectivity index (χ0n) is 9.79. The van der Waals surface area contributed by atoms with Crippen LogP contribution in [0.15, 0.2) is 21.5 Å². The summed E-state index contributed by atoms with van der Waals surface area (Å²) in [4.78, 5) is -0.138. The van der Waals surface area contributed by atoms with Gasteiger partial charge in [-0.05, 0) is 12.1 Å². The number of hydrogen-bond donors (Lipinski definition) is 1. The first kappa shape index (κ1) is 17.7. The summed E-state index contributed by atoms with van der Waals surface area (Å²) in [5.41, 5.74) is 0. The lowest BCUT2D eigenvalue weighted by atomic mass is 10.4. The molecule has 1 rings (SSSR count). The van der Waals surface area contributed by atoms with Crippen molar-refractivity contribution >= 4 is 65.1 Å². The molecule has 0 radical (unpaired) electrons. The number of nitrogens with one attached hydrogen (secondary N) is 1. The van der Waals surface area contributed by atoms with Gasteiger partial charge in [0.2, 0.25) is 10.0 Å². The van der Waals surface area contributed by atoms with Crippen molar-refractivity contribution in [2.45, 2.75) is 10.9 Å². The fourth-order valence-electron chi connectivity index (χ4n) is 1.38. The molecule has 1 unspecified atom stereocenters. The maximum Gasteiger partial charge on any atom is 0.243 e. The van der Waals surface area contributed by atoms with Crippen LogP contribution >= 0.6 is 55.1 Å². The van der Waals surface area contributed by atoms with Crippen LogP contribution in [-0.4, -0.2) is 33.5 Å². The summed E-state index contributed by atoms with van der Waals surface area (Å²) in [5.74, 6) is 0. The van der Waals surface area contributed by atoms with Crippen molar-refractivity contribution in [1.82, 2.24) is 4.72 Å². The average molecular weight is 456 g/mol. The standard InChI is InChI=1S/C10H11Br2Cl2NO3S/c1-18-5-7(4-11)15-19(16,17)10-8(13)2-6(12)3-9(10)14/h2-3,7,15H,4-5H2,1H3. The van der Waals surface area contributed by atoms with E-state index in [1.165, 1.54) is 19.2 Å². The Bertz CT molecular complexity index is 531. The van der Waals surface area contributed by atoms with Crippen molar-refractivity contribution in [1.29, 1.82) is 0 Å². The highest BCUT2D eigenvalue weighted by atomic mass is 79.9. The van der Waals surface area contributed by atoms with E-state index in [1.807, 2.05) is 0 Å².